The highest BCUT2D eigenvalue weighted by molar-refractivity contribution is 5.92. The molecular formula is C10H2F5NO3. The Balaban J connectivity index is 2.83. The van der Waals surface area contributed by atoms with Gasteiger partial charge in [0.05, 0.1) is 5.56 Å². The minimum absolute atomic E-state index is 0.511. The molecule has 0 bridgehead atoms. The second-order valence-electron chi connectivity index (χ2n) is 3.28. The van der Waals surface area contributed by atoms with Crippen molar-refractivity contribution < 1.29 is 36.3 Å². The molecule has 9 heteroatoms. The quantitative estimate of drug-likeness (QED) is 0.521. The van der Waals surface area contributed by atoms with Gasteiger partial charge in [-0.3, -0.25) is 0 Å². The average molecular weight is 279 g/mol. The van der Waals surface area contributed by atoms with Gasteiger partial charge in [0.1, 0.15) is 0 Å². The van der Waals surface area contributed by atoms with Crippen LogP contribution in [0.25, 0.3) is 11.3 Å². The number of carboxylic acid groups (broad SMARTS) is 1. The molecule has 0 amide bonds. The van der Waals surface area contributed by atoms with Crippen LogP contribution >= 0.6 is 0 Å². The zero-order valence-electron chi connectivity index (χ0n) is 8.68. The maximum atomic E-state index is 13.4. The van der Waals surface area contributed by atoms with Gasteiger partial charge in [0, 0.05) is 0 Å². The molecule has 100 valence electrons. The van der Waals surface area contributed by atoms with E-state index in [4.69, 9.17) is 5.11 Å². The van der Waals surface area contributed by atoms with Crippen LogP contribution in [0.3, 0.4) is 0 Å². The minimum Gasteiger partial charge on any atom is -0.476 e. The lowest BCUT2D eigenvalue weighted by Gasteiger charge is -2.06. The highest BCUT2D eigenvalue weighted by atomic mass is 19.2. The lowest BCUT2D eigenvalue weighted by molar-refractivity contribution is 0.0691. The standard InChI is InChI=1S/C10H2F5NO3/c11-3-2(4(12)6(14)7(15)5(3)13)9-8(10(17)18)16-1-19-9/h1H,(H,17,18). The van der Waals surface area contributed by atoms with E-state index in [0.29, 0.717) is 6.39 Å². The van der Waals surface area contributed by atoms with E-state index < -0.39 is 52.1 Å². The van der Waals surface area contributed by atoms with E-state index in [1.807, 2.05) is 0 Å². The van der Waals surface area contributed by atoms with Crippen LogP contribution in [0.1, 0.15) is 10.5 Å². The van der Waals surface area contributed by atoms with Crippen LogP contribution in [0.5, 0.6) is 0 Å². The number of carbonyl (C=O) groups is 1. The van der Waals surface area contributed by atoms with Gasteiger partial charge in [-0.25, -0.2) is 31.7 Å². The van der Waals surface area contributed by atoms with E-state index in [2.05, 4.69) is 9.40 Å². The number of hydrogen-bond acceptors (Lipinski definition) is 3. The molecule has 0 radical (unpaired) electrons. The fraction of sp³-hybridized carbons (Fsp3) is 0. The van der Waals surface area contributed by atoms with Gasteiger partial charge in [0.15, 0.2) is 41.1 Å². The zero-order valence-corrected chi connectivity index (χ0v) is 8.68. The molecule has 0 aliphatic carbocycles. The van der Waals surface area contributed by atoms with Crippen molar-refractivity contribution in [3.8, 4) is 11.3 Å². The summed E-state index contributed by atoms with van der Waals surface area (Å²) in [7, 11) is 0. The van der Waals surface area contributed by atoms with E-state index in [9.17, 15) is 26.7 Å². The maximum Gasteiger partial charge on any atom is 0.358 e. The van der Waals surface area contributed by atoms with Gasteiger partial charge in [-0.2, -0.15) is 0 Å². The highest BCUT2D eigenvalue weighted by Gasteiger charge is 2.31. The summed E-state index contributed by atoms with van der Waals surface area (Å²) in [6.07, 6.45) is 0.511. The number of halogens is 5. The lowest BCUT2D eigenvalue weighted by atomic mass is 10.1. The van der Waals surface area contributed by atoms with Crippen molar-refractivity contribution in [3.63, 3.8) is 0 Å². The number of benzene rings is 1. The summed E-state index contributed by atoms with van der Waals surface area (Å²) < 4.78 is 69.9. The van der Waals surface area contributed by atoms with E-state index in [1.165, 1.54) is 0 Å². The summed E-state index contributed by atoms with van der Waals surface area (Å²) in [5.74, 6) is -14.0. The lowest BCUT2D eigenvalue weighted by Crippen LogP contribution is -2.06. The molecular weight excluding hydrogens is 277 g/mol. The van der Waals surface area contributed by atoms with Crippen molar-refractivity contribution in [1.82, 2.24) is 4.98 Å². The fourth-order valence-electron chi connectivity index (χ4n) is 1.38. The van der Waals surface area contributed by atoms with E-state index in [0.717, 1.165) is 0 Å². The first-order valence-corrected chi connectivity index (χ1v) is 4.54. The largest absolute Gasteiger partial charge is 0.476 e. The van der Waals surface area contributed by atoms with Crippen molar-refractivity contribution >= 4 is 5.97 Å². The third-order valence-corrected chi connectivity index (χ3v) is 2.21. The normalized spacial score (nSPS) is 10.8. The van der Waals surface area contributed by atoms with Crippen LogP contribution in [0.4, 0.5) is 22.0 Å². The summed E-state index contributed by atoms with van der Waals surface area (Å²) in [6.45, 7) is 0. The number of oxazole rings is 1. The van der Waals surface area contributed by atoms with Crippen molar-refractivity contribution in [1.29, 1.82) is 0 Å². The summed E-state index contributed by atoms with van der Waals surface area (Å²) in [5, 5.41) is 8.66. The molecule has 0 saturated heterocycles. The Morgan fingerprint density at radius 3 is 1.95 bits per heavy atom. The summed E-state index contributed by atoms with van der Waals surface area (Å²) in [4.78, 5) is 13.8. The smallest absolute Gasteiger partial charge is 0.358 e. The monoisotopic (exact) mass is 279 g/mol. The fourth-order valence-corrected chi connectivity index (χ4v) is 1.38. The molecule has 0 spiro atoms. The first kappa shape index (κ1) is 13.0. The predicted molar refractivity (Wildman–Crippen MR) is 48.7 cm³/mol. The zero-order chi connectivity index (χ0) is 14.3. The van der Waals surface area contributed by atoms with Crippen molar-refractivity contribution in [2.45, 2.75) is 0 Å². The first-order chi connectivity index (χ1) is 8.86. The van der Waals surface area contributed by atoms with Crippen LogP contribution in [0.15, 0.2) is 10.8 Å². The summed E-state index contributed by atoms with van der Waals surface area (Å²) >= 11 is 0. The van der Waals surface area contributed by atoms with E-state index in [1.54, 1.807) is 0 Å². The van der Waals surface area contributed by atoms with Crippen LogP contribution in [-0.2, 0) is 0 Å². The number of hydrogen-bond donors (Lipinski definition) is 1. The minimum atomic E-state index is -2.35. The third kappa shape index (κ3) is 1.83. The predicted octanol–water partition coefficient (Wildman–Crippen LogP) is 2.74. The van der Waals surface area contributed by atoms with Crippen molar-refractivity contribution in [2.75, 3.05) is 0 Å². The van der Waals surface area contributed by atoms with Gasteiger partial charge in [-0.1, -0.05) is 0 Å². The first-order valence-electron chi connectivity index (χ1n) is 4.54. The molecule has 0 atom stereocenters. The second-order valence-corrected chi connectivity index (χ2v) is 3.28. The molecule has 2 rings (SSSR count). The molecule has 0 aliphatic rings. The molecule has 4 nitrogen and oxygen atoms in total. The Hall–Kier alpha value is -2.45. The Labute approximate surface area is 101 Å². The number of carboxylic acids is 1. The number of aromatic carboxylic acids is 1. The summed E-state index contributed by atoms with van der Waals surface area (Å²) in [6, 6.07) is 0. The third-order valence-electron chi connectivity index (χ3n) is 2.21. The molecule has 0 fully saturated rings. The Morgan fingerprint density at radius 2 is 1.47 bits per heavy atom. The summed E-state index contributed by atoms with van der Waals surface area (Å²) in [5.41, 5.74) is -2.45. The van der Waals surface area contributed by atoms with Gasteiger partial charge < -0.3 is 9.52 Å². The SMILES string of the molecule is O=C(O)c1ncoc1-c1c(F)c(F)c(F)c(F)c1F. The van der Waals surface area contributed by atoms with Crippen LogP contribution < -0.4 is 0 Å². The topological polar surface area (TPSA) is 63.3 Å². The van der Waals surface area contributed by atoms with Crippen LogP contribution in [-0.4, -0.2) is 16.1 Å². The molecule has 1 aromatic heterocycles. The van der Waals surface area contributed by atoms with Crippen molar-refractivity contribution in [3.05, 3.63) is 41.2 Å². The van der Waals surface area contributed by atoms with Gasteiger partial charge in [-0.15, -0.1) is 0 Å². The van der Waals surface area contributed by atoms with Gasteiger partial charge in [-0.05, 0) is 0 Å². The number of rotatable bonds is 2. The van der Waals surface area contributed by atoms with E-state index >= 15 is 0 Å². The Kier molecular flexibility index (Phi) is 2.97. The molecule has 1 aromatic carbocycles. The number of nitrogens with zero attached hydrogens (tertiary/aromatic N) is 1. The maximum absolute atomic E-state index is 13.4. The molecule has 19 heavy (non-hydrogen) atoms. The van der Waals surface area contributed by atoms with E-state index in [-0.39, 0.29) is 0 Å². The van der Waals surface area contributed by atoms with Gasteiger partial charge in [0.25, 0.3) is 0 Å². The molecule has 0 unspecified atom stereocenters. The Bertz CT molecular complexity index is 653. The second kappa shape index (κ2) is 4.34. The Morgan fingerprint density at radius 1 is 1.00 bits per heavy atom. The average Bonchev–Trinajstić information content (AvgIpc) is 2.83. The highest BCUT2D eigenvalue weighted by Crippen LogP contribution is 2.33. The van der Waals surface area contributed by atoms with Gasteiger partial charge in [0.2, 0.25) is 5.82 Å². The van der Waals surface area contributed by atoms with Crippen molar-refractivity contribution in [2.24, 2.45) is 0 Å². The van der Waals surface area contributed by atoms with Crippen LogP contribution in [0.2, 0.25) is 0 Å². The molecule has 0 saturated carbocycles. The molecule has 0 aliphatic heterocycles. The molecule has 2 aromatic rings. The van der Waals surface area contributed by atoms with Gasteiger partial charge >= 0.3 is 5.97 Å². The number of aromatic nitrogens is 1. The van der Waals surface area contributed by atoms with Crippen LogP contribution in [0, 0.1) is 29.1 Å². The molecule has 1 heterocycles. The molecule has 1 N–H and O–H groups in total.